The smallest absolute Gasteiger partial charge is 0.453 e. The Morgan fingerprint density at radius 1 is 0.841 bits per heavy atom. The van der Waals surface area contributed by atoms with Crippen LogP contribution in [0.4, 0.5) is 22.0 Å². The number of fused-ring (bicyclic) bond motifs is 1. The third-order valence-corrected chi connectivity index (χ3v) is 9.54. The van der Waals surface area contributed by atoms with E-state index in [1.54, 1.807) is 31.2 Å². The molecular formula is C34H45F5O5. The van der Waals surface area contributed by atoms with Crippen LogP contribution in [0.15, 0.2) is 42.5 Å². The highest BCUT2D eigenvalue weighted by Gasteiger charge is 2.56. The summed E-state index contributed by atoms with van der Waals surface area (Å²) in [5, 5.41) is 29.6. The number of carboxylic acid groups (broad SMARTS) is 1. The topological polar surface area (TPSA) is 87.0 Å². The second-order valence-electron chi connectivity index (χ2n) is 12.5. The number of carbonyl (C=O) groups is 1. The number of benzene rings is 2. The van der Waals surface area contributed by atoms with Gasteiger partial charge in [0.1, 0.15) is 17.2 Å². The first-order chi connectivity index (χ1) is 20.6. The molecule has 5 nitrogen and oxygen atoms in total. The Bertz CT molecular complexity index is 1220. The summed E-state index contributed by atoms with van der Waals surface area (Å²) in [4.78, 5) is 12.1. The molecule has 0 aromatic heterocycles. The van der Waals surface area contributed by atoms with Gasteiger partial charge in [0.05, 0.1) is 12.0 Å². The molecule has 0 aliphatic carbocycles. The van der Waals surface area contributed by atoms with E-state index in [4.69, 9.17) is 4.74 Å². The van der Waals surface area contributed by atoms with Gasteiger partial charge < -0.3 is 20.1 Å². The summed E-state index contributed by atoms with van der Waals surface area (Å²) >= 11 is 0. The number of alkyl halides is 5. The molecule has 1 aliphatic rings. The number of rotatable bonds is 17. The summed E-state index contributed by atoms with van der Waals surface area (Å²) in [7, 11) is 0. The normalized spacial score (nSPS) is 20.0. The quantitative estimate of drug-likeness (QED) is 0.120. The fraction of sp³-hybridized carbons (Fsp3) is 0.618. The van der Waals surface area contributed by atoms with Crippen LogP contribution in [0.2, 0.25) is 0 Å². The van der Waals surface area contributed by atoms with Crippen molar-refractivity contribution in [3.05, 3.63) is 53.6 Å². The molecule has 2 aromatic rings. The van der Waals surface area contributed by atoms with E-state index in [0.717, 1.165) is 49.7 Å². The lowest BCUT2D eigenvalue weighted by atomic mass is 9.66. The van der Waals surface area contributed by atoms with Gasteiger partial charge >= 0.3 is 18.1 Å². The van der Waals surface area contributed by atoms with Crippen molar-refractivity contribution >= 4 is 5.97 Å². The summed E-state index contributed by atoms with van der Waals surface area (Å²) in [5.41, 5.74) is 0.653. The fourth-order valence-corrected chi connectivity index (χ4v) is 6.52. The Balaban J connectivity index is 1.48. The lowest BCUT2D eigenvalue weighted by molar-refractivity contribution is -0.284. The SMILES string of the molecule is CCC(CCCCCCCC[C@@H]1c2ccc(O)cc2OC[C@]1(C)c1ccc(O)cc1)(CCCCC(F)(F)C(F)(F)F)C(=O)O. The molecule has 0 bridgehead atoms. The Hall–Kier alpha value is -3.04. The van der Waals surface area contributed by atoms with Crippen molar-refractivity contribution in [3.63, 3.8) is 0 Å². The lowest BCUT2D eigenvalue weighted by Crippen LogP contribution is -2.40. The Morgan fingerprint density at radius 3 is 1.98 bits per heavy atom. The number of halogens is 5. The summed E-state index contributed by atoms with van der Waals surface area (Å²) in [6, 6.07) is 12.4. The van der Waals surface area contributed by atoms with Gasteiger partial charge in [-0.05, 0) is 61.4 Å². The molecule has 0 saturated heterocycles. The van der Waals surface area contributed by atoms with Gasteiger partial charge in [0.25, 0.3) is 0 Å². The van der Waals surface area contributed by atoms with E-state index >= 15 is 0 Å². The number of hydrogen-bond donors (Lipinski definition) is 3. The third kappa shape index (κ3) is 8.57. The van der Waals surface area contributed by atoms with Gasteiger partial charge in [-0.2, -0.15) is 22.0 Å². The predicted octanol–water partition coefficient (Wildman–Crippen LogP) is 9.89. The molecule has 0 radical (unpaired) electrons. The summed E-state index contributed by atoms with van der Waals surface area (Å²) < 4.78 is 69.8. The van der Waals surface area contributed by atoms with E-state index < -0.39 is 29.9 Å². The molecule has 1 heterocycles. The van der Waals surface area contributed by atoms with Crippen LogP contribution in [-0.4, -0.2) is 40.0 Å². The van der Waals surface area contributed by atoms with Crippen molar-refractivity contribution in [2.75, 3.05) is 6.61 Å². The molecule has 3 N–H and O–H groups in total. The van der Waals surface area contributed by atoms with Crippen molar-refractivity contribution in [1.82, 2.24) is 0 Å². The number of aromatic hydroxyl groups is 2. The van der Waals surface area contributed by atoms with E-state index in [1.165, 1.54) is 0 Å². The average Bonchev–Trinajstić information content (AvgIpc) is 2.96. The van der Waals surface area contributed by atoms with Crippen LogP contribution in [0.3, 0.4) is 0 Å². The van der Waals surface area contributed by atoms with Gasteiger partial charge in [-0.15, -0.1) is 0 Å². The minimum Gasteiger partial charge on any atom is -0.508 e. The van der Waals surface area contributed by atoms with Crippen LogP contribution in [0.25, 0.3) is 0 Å². The Kier molecular flexibility index (Phi) is 11.9. The van der Waals surface area contributed by atoms with Gasteiger partial charge in [0, 0.05) is 23.8 Å². The minimum atomic E-state index is -5.59. The van der Waals surface area contributed by atoms with Crippen molar-refractivity contribution in [1.29, 1.82) is 0 Å². The first kappa shape index (κ1) is 35.4. The van der Waals surface area contributed by atoms with E-state index in [9.17, 15) is 42.1 Å². The molecule has 2 aromatic carbocycles. The maximum Gasteiger partial charge on any atom is 0.453 e. The van der Waals surface area contributed by atoms with Crippen LogP contribution < -0.4 is 4.74 Å². The van der Waals surface area contributed by atoms with Crippen molar-refractivity contribution < 1.29 is 46.8 Å². The molecule has 1 unspecified atom stereocenters. The first-order valence-electron chi connectivity index (χ1n) is 15.6. The minimum absolute atomic E-state index is 0.00380. The summed E-state index contributed by atoms with van der Waals surface area (Å²) in [5.74, 6) is -4.63. The first-order valence-corrected chi connectivity index (χ1v) is 15.6. The van der Waals surface area contributed by atoms with E-state index in [0.29, 0.717) is 31.6 Å². The number of phenolic OH excluding ortho intramolecular Hbond substituents is 2. The van der Waals surface area contributed by atoms with Crippen molar-refractivity contribution in [3.8, 4) is 17.2 Å². The molecule has 3 atom stereocenters. The zero-order chi connectivity index (χ0) is 32.6. The van der Waals surface area contributed by atoms with Gasteiger partial charge in [0.2, 0.25) is 0 Å². The fourth-order valence-electron chi connectivity index (χ4n) is 6.52. The molecule has 246 valence electrons. The zero-order valence-corrected chi connectivity index (χ0v) is 25.6. The summed E-state index contributed by atoms with van der Waals surface area (Å²) in [6.45, 7) is 4.32. The molecule has 10 heteroatoms. The Labute approximate surface area is 256 Å². The average molecular weight is 629 g/mol. The van der Waals surface area contributed by atoms with Gasteiger partial charge in [0.15, 0.2) is 0 Å². The number of phenols is 2. The molecule has 44 heavy (non-hydrogen) atoms. The van der Waals surface area contributed by atoms with Crippen LogP contribution in [0.5, 0.6) is 17.2 Å². The van der Waals surface area contributed by atoms with E-state index in [1.807, 2.05) is 18.2 Å². The maximum atomic E-state index is 13.2. The van der Waals surface area contributed by atoms with Crippen LogP contribution in [-0.2, 0) is 10.2 Å². The number of aliphatic carboxylic acids is 1. The standard InChI is InChI=1S/C34H45F5O5/c1-3-32(30(42)43,20-10-11-21-33(35,36)34(37,38)39)19-9-7-5-4-6-8-12-28-27-18-17-26(41)22-29(27)44-23-31(28,2)24-13-15-25(40)16-14-24/h13-18,22,28,40-41H,3-12,19-21,23H2,1-2H3,(H,42,43)/t28-,31-,32?/m1/s1. The number of ether oxygens (including phenoxy) is 1. The maximum absolute atomic E-state index is 13.2. The molecule has 0 spiro atoms. The molecular weight excluding hydrogens is 583 g/mol. The van der Waals surface area contributed by atoms with Crippen LogP contribution >= 0.6 is 0 Å². The second kappa shape index (κ2) is 14.8. The van der Waals surface area contributed by atoms with Crippen LogP contribution in [0, 0.1) is 5.41 Å². The van der Waals surface area contributed by atoms with E-state index in [-0.39, 0.29) is 42.1 Å². The highest BCUT2D eigenvalue weighted by atomic mass is 19.4. The van der Waals surface area contributed by atoms with Crippen molar-refractivity contribution in [2.24, 2.45) is 5.41 Å². The van der Waals surface area contributed by atoms with Crippen molar-refractivity contribution in [2.45, 2.75) is 121 Å². The number of carboxylic acids is 1. The second-order valence-corrected chi connectivity index (χ2v) is 12.5. The third-order valence-electron chi connectivity index (χ3n) is 9.54. The van der Waals surface area contributed by atoms with Gasteiger partial charge in [-0.25, -0.2) is 0 Å². The largest absolute Gasteiger partial charge is 0.508 e. The lowest BCUT2D eigenvalue weighted by Gasteiger charge is -2.43. The monoisotopic (exact) mass is 628 g/mol. The zero-order valence-electron chi connectivity index (χ0n) is 25.6. The number of hydrogen-bond acceptors (Lipinski definition) is 4. The summed E-state index contributed by atoms with van der Waals surface area (Å²) in [6.07, 6.45) is -0.411. The van der Waals surface area contributed by atoms with Gasteiger partial charge in [-0.1, -0.05) is 77.0 Å². The molecule has 0 saturated carbocycles. The Morgan fingerprint density at radius 2 is 1.39 bits per heavy atom. The van der Waals surface area contributed by atoms with Crippen LogP contribution in [0.1, 0.15) is 114 Å². The molecule has 0 fully saturated rings. The highest BCUT2D eigenvalue weighted by molar-refractivity contribution is 5.74. The van der Waals surface area contributed by atoms with Gasteiger partial charge in [-0.3, -0.25) is 4.79 Å². The predicted molar refractivity (Wildman–Crippen MR) is 159 cm³/mol. The highest BCUT2D eigenvalue weighted by Crippen LogP contribution is 2.50. The molecule has 1 aliphatic heterocycles. The number of unbranched alkanes of at least 4 members (excludes halogenated alkanes) is 6. The molecule has 3 rings (SSSR count). The molecule has 0 amide bonds. The van der Waals surface area contributed by atoms with E-state index in [2.05, 4.69) is 6.92 Å².